The Kier molecular flexibility index (Phi) is 4.99. The predicted octanol–water partition coefficient (Wildman–Crippen LogP) is 3.10. The normalized spacial score (nSPS) is 19.5. The van der Waals surface area contributed by atoms with Gasteiger partial charge in [-0.25, -0.2) is 4.98 Å². The minimum atomic E-state index is 1.06. The van der Waals surface area contributed by atoms with Gasteiger partial charge in [-0.1, -0.05) is 24.3 Å². The average Bonchev–Trinajstić information content (AvgIpc) is 3.19. The Morgan fingerprint density at radius 3 is 2.12 bits per heavy atom. The van der Waals surface area contributed by atoms with E-state index in [0.717, 1.165) is 25.5 Å². The first-order chi connectivity index (χ1) is 12.3. The molecule has 3 heterocycles. The second-order valence-corrected chi connectivity index (χ2v) is 7.38. The van der Waals surface area contributed by atoms with Crippen molar-refractivity contribution in [1.82, 2.24) is 14.8 Å². The fourth-order valence-electron chi connectivity index (χ4n) is 3.76. The molecule has 2 saturated heterocycles. The minimum absolute atomic E-state index is 1.06. The molecule has 2 fully saturated rings. The van der Waals surface area contributed by atoms with E-state index in [2.05, 4.69) is 63.1 Å². The fourth-order valence-corrected chi connectivity index (χ4v) is 3.76. The van der Waals surface area contributed by atoms with Crippen molar-refractivity contribution in [2.75, 3.05) is 51.2 Å². The van der Waals surface area contributed by atoms with Crippen LogP contribution in [-0.2, 0) is 6.54 Å². The largest absolute Gasteiger partial charge is 0.357 e. The molecule has 25 heavy (non-hydrogen) atoms. The van der Waals surface area contributed by atoms with Crippen molar-refractivity contribution < 1.29 is 0 Å². The molecule has 0 bridgehead atoms. The molecule has 4 rings (SSSR count). The summed E-state index contributed by atoms with van der Waals surface area (Å²) in [7, 11) is 2.20. The van der Waals surface area contributed by atoms with Crippen molar-refractivity contribution in [2.45, 2.75) is 19.4 Å². The van der Waals surface area contributed by atoms with Crippen LogP contribution in [0, 0.1) is 0 Å². The summed E-state index contributed by atoms with van der Waals surface area (Å²) >= 11 is 0. The van der Waals surface area contributed by atoms with Crippen LogP contribution in [0.2, 0.25) is 0 Å². The smallest absolute Gasteiger partial charge is 0.128 e. The molecule has 4 heteroatoms. The number of piperazine rings is 1. The van der Waals surface area contributed by atoms with Gasteiger partial charge in [0.1, 0.15) is 5.82 Å². The highest BCUT2D eigenvalue weighted by atomic mass is 15.2. The maximum atomic E-state index is 4.67. The van der Waals surface area contributed by atoms with Crippen LogP contribution in [0.3, 0.4) is 0 Å². The summed E-state index contributed by atoms with van der Waals surface area (Å²) < 4.78 is 0. The Labute approximate surface area is 151 Å². The topological polar surface area (TPSA) is 22.6 Å². The first kappa shape index (κ1) is 16.6. The number of anilines is 1. The van der Waals surface area contributed by atoms with Gasteiger partial charge in [-0.15, -0.1) is 0 Å². The highest BCUT2D eigenvalue weighted by Gasteiger charge is 2.14. The SMILES string of the molecule is CN1CCN(Cc2ccc(-c3ccc(N4CCCC4)nc3)cc2)CC1. The molecule has 1 aromatic carbocycles. The van der Waals surface area contributed by atoms with Crippen molar-refractivity contribution in [1.29, 1.82) is 0 Å². The molecule has 4 nitrogen and oxygen atoms in total. The molecule has 0 radical (unpaired) electrons. The van der Waals surface area contributed by atoms with E-state index in [1.165, 1.54) is 55.7 Å². The second-order valence-electron chi connectivity index (χ2n) is 7.38. The van der Waals surface area contributed by atoms with Gasteiger partial charge in [0.15, 0.2) is 0 Å². The number of nitrogens with zero attached hydrogens (tertiary/aromatic N) is 4. The zero-order valence-corrected chi connectivity index (χ0v) is 15.2. The minimum Gasteiger partial charge on any atom is -0.357 e. The van der Waals surface area contributed by atoms with Gasteiger partial charge < -0.3 is 9.80 Å². The van der Waals surface area contributed by atoms with E-state index in [0.29, 0.717) is 0 Å². The lowest BCUT2D eigenvalue weighted by Gasteiger charge is -2.32. The van der Waals surface area contributed by atoms with E-state index < -0.39 is 0 Å². The van der Waals surface area contributed by atoms with Gasteiger partial charge in [0, 0.05) is 57.6 Å². The summed E-state index contributed by atoms with van der Waals surface area (Å²) in [5, 5.41) is 0. The van der Waals surface area contributed by atoms with E-state index >= 15 is 0 Å². The molecule has 0 saturated carbocycles. The Bertz CT molecular complexity index is 666. The standard InChI is InChI=1S/C21H28N4/c1-23-12-14-24(15-13-23)17-18-4-6-19(7-5-18)20-8-9-21(22-16-20)25-10-2-3-11-25/h4-9,16H,2-3,10-15,17H2,1H3. The molecule has 2 aliphatic heterocycles. The predicted molar refractivity (Wildman–Crippen MR) is 104 cm³/mol. The molecule has 0 aliphatic carbocycles. The van der Waals surface area contributed by atoms with Crippen LogP contribution in [-0.4, -0.2) is 61.1 Å². The molecule has 0 amide bonds. The summed E-state index contributed by atoms with van der Waals surface area (Å²) in [5.41, 5.74) is 3.85. The highest BCUT2D eigenvalue weighted by molar-refractivity contribution is 5.64. The zero-order valence-electron chi connectivity index (χ0n) is 15.2. The van der Waals surface area contributed by atoms with Crippen LogP contribution >= 0.6 is 0 Å². The Balaban J connectivity index is 1.39. The number of aromatic nitrogens is 1. The molecule has 0 spiro atoms. The zero-order chi connectivity index (χ0) is 17.1. The maximum absolute atomic E-state index is 4.67. The molecule has 2 aliphatic rings. The van der Waals surface area contributed by atoms with Crippen molar-refractivity contribution in [3.05, 3.63) is 48.2 Å². The quantitative estimate of drug-likeness (QED) is 0.856. The van der Waals surface area contributed by atoms with Gasteiger partial charge in [0.05, 0.1) is 0 Å². The van der Waals surface area contributed by atoms with E-state index in [-0.39, 0.29) is 0 Å². The van der Waals surface area contributed by atoms with E-state index in [1.54, 1.807) is 0 Å². The van der Waals surface area contributed by atoms with Gasteiger partial charge in [-0.05, 0) is 43.1 Å². The summed E-state index contributed by atoms with van der Waals surface area (Å²) in [6.45, 7) is 8.03. The highest BCUT2D eigenvalue weighted by Crippen LogP contribution is 2.23. The number of hydrogen-bond donors (Lipinski definition) is 0. The molecule has 132 valence electrons. The second kappa shape index (κ2) is 7.54. The summed E-state index contributed by atoms with van der Waals surface area (Å²) in [5.74, 6) is 1.12. The molecule has 0 unspecified atom stereocenters. The van der Waals surface area contributed by atoms with E-state index in [9.17, 15) is 0 Å². The molecule has 2 aromatic rings. The lowest BCUT2D eigenvalue weighted by Crippen LogP contribution is -2.43. The van der Waals surface area contributed by atoms with E-state index in [1.807, 2.05) is 6.20 Å². The van der Waals surface area contributed by atoms with Gasteiger partial charge >= 0.3 is 0 Å². The van der Waals surface area contributed by atoms with Crippen molar-refractivity contribution in [3.8, 4) is 11.1 Å². The van der Waals surface area contributed by atoms with Crippen LogP contribution in [0.15, 0.2) is 42.6 Å². The van der Waals surface area contributed by atoms with Crippen LogP contribution in [0.1, 0.15) is 18.4 Å². The van der Waals surface area contributed by atoms with Crippen molar-refractivity contribution in [3.63, 3.8) is 0 Å². The molecule has 0 atom stereocenters. The fraction of sp³-hybridized carbons (Fsp3) is 0.476. The van der Waals surface area contributed by atoms with Crippen molar-refractivity contribution in [2.24, 2.45) is 0 Å². The third kappa shape index (κ3) is 4.02. The number of likely N-dealkylation sites (N-methyl/N-ethyl adjacent to an activating group) is 1. The molecular formula is C21H28N4. The Morgan fingerprint density at radius 1 is 0.800 bits per heavy atom. The van der Waals surface area contributed by atoms with Crippen molar-refractivity contribution >= 4 is 5.82 Å². The number of hydrogen-bond acceptors (Lipinski definition) is 4. The van der Waals surface area contributed by atoms with Gasteiger partial charge in [-0.3, -0.25) is 4.90 Å². The van der Waals surface area contributed by atoms with Crippen LogP contribution < -0.4 is 4.90 Å². The van der Waals surface area contributed by atoms with Crippen LogP contribution in [0.25, 0.3) is 11.1 Å². The van der Waals surface area contributed by atoms with Gasteiger partial charge in [-0.2, -0.15) is 0 Å². The molecule has 0 N–H and O–H groups in total. The number of rotatable bonds is 4. The first-order valence-electron chi connectivity index (χ1n) is 9.49. The molecular weight excluding hydrogens is 308 g/mol. The Morgan fingerprint density at radius 2 is 1.48 bits per heavy atom. The lowest BCUT2D eigenvalue weighted by molar-refractivity contribution is 0.148. The van der Waals surface area contributed by atoms with Crippen LogP contribution in [0.5, 0.6) is 0 Å². The summed E-state index contributed by atoms with van der Waals surface area (Å²) in [6, 6.07) is 13.4. The maximum Gasteiger partial charge on any atom is 0.128 e. The van der Waals surface area contributed by atoms with Crippen LogP contribution in [0.4, 0.5) is 5.82 Å². The first-order valence-corrected chi connectivity index (χ1v) is 9.49. The number of pyridine rings is 1. The Hall–Kier alpha value is -1.91. The van der Waals surface area contributed by atoms with Gasteiger partial charge in [0.25, 0.3) is 0 Å². The summed E-state index contributed by atoms with van der Waals surface area (Å²) in [6.07, 6.45) is 4.60. The molecule has 1 aromatic heterocycles. The van der Waals surface area contributed by atoms with E-state index in [4.69, 9.17) is 0 Å². The monoisotopic (exact) mass is 336 g/mol. The third-order valence-electron chi connectivity index (χ3n) is 5.47. The number of benzene rings is 1. The average molecular weight is 336 g/mol. The summed E-state index contributed by atoms with van der Waals surface area (Å²) in [4.78, 5) is 12.0. The lowest BCUT2D eigenvalue weighted by atomic mass is 10.1. The van der Waals surface area contributed by atoms with Gasteiger partial charge in [0.2, 0.25) is 0 Å². The third-order valence-corrected chi connectivity index (χ3v) is 5.47.